The number of anilines is 1. The molecule has 16 heavy (non-hydrogen) atoms. The van der Waals surface area contributed by atoms with Crippen LogP contribution in [0.15, 0.2) is 23.1 Å². The van der Waals surface area contributed by atoms with Crippen LogP contribution in [0.3, 0.4) is 0 Å². The second-order valence-corrected chi connectivity index (χ2v) is 5.03. The van der Waals surface area contributed by atoms with Crippen LogP contribution in [-0.2, 0) is 4.74 Å². The van der Waals surface area contributed by atoms with E-state index in [1.165, 1.54) is 7.11 Å². The van der Waals surface area contributed by atoms with E-state index in [4.69, 9.17) is 5.73 Å². The fourth-order valence-electron chi connectivity index (χ4n) is 1.23. The fraction of sp³-hybridized carbons (Fsp3) is 0.417. The lowest BCUT2D eigenvalue weighted by Gasteiger charge is -2.12. The molecule has 0 aliphatic carbocycles. The molecule has 0 saturated carbocycles. The van der Waals surface area contributed by atoms with E-state index in [0.717, 1.165) is 11.3 Å². The fourth-order valence-corrected chi connectivity index (χ4v) is 2.23. The SMILES string of the molecule is CCC(C)Sc1cccc(C(=O)OC)c1N. The normalized spacial score (nSPS) is 12.2. The molecule has 0 aromatic heterocycles. The van der Waals surface area contributed by atoms with Crippen molar-refractivity contribution in [1.82, 2.24) is 0 Å². The number of ether oxygens (including phenoxy) is 1. The van der Waals surface area contributed by atoms with Crippen molar-refractivity contribution in [3.63, 3.8) is 0 Å². The number of carbonyl (C=O) groups excluding carboxylic acids is 1. The molecule has 1 aromatic rings. The Morgan fingerprint density at radius 1 is 1.56 bits per heavy atom. The van der Waals surface area contributed by atoms with Crippen LogP contribution in [0.25, 0.3) is 0 Å². The highest BCUT2D eigenvalue weighted by Gasteiger charge is 2.14. The Morgan fingerprint density at radius 2 is 2.25 bits per heavy atom. The molecule has 1 unspecified atom stereocenters. The lowest BCUT2D eigenvalue weighted by atomic mass is 10.2. The van der Waals surface area contributed by atoms with Crippen molar-refractivity contribution in [2.24, 2.45) is 0 Å². The second kappa shape index (κ2) is 5.80. The van der Waals surface area contributed by atoms with Crippen molar-refractivity contribution in [1.29, 1.82) is 0 Å². The summed E-state index contributed by atoms with van der Waals surface area (Å²) in [6.45, 7) is 4.26. The van der Waals surface area contributed by atoms with Gasteiger partial charge in [0, 0.05) is 10.1 Å². The van der Waals surface area contributed by atoms with Gasteiger partial charge in [-0.25, -0.2) is 4.79 Å². The Hall–Kier alpha value is -1.16. The van der Waals surface area contributed by atoms with Crippen molar-refractivity contribution >= 4 is 23.4 Å². The van der Waals surface area contributed by atoms with E-state index in [9.17, 15) is 4.79 Å². The van der Waals surface area contributed by atoms with Crippen LogP contribution in [0.2, 0.25) is 0 Å². The Labute approximate surface area is 100 Å². The van der Waals surface area contributed by atoms with E-state index in [-0.39, 0.29) is 5.97 Å². The highest BCUT2D eigenvalue weighted by molar-refractivity contribution is 8.00. The Bertz CT molecular complexity index is 379. The number of thioether (sulfide) groups is 1. The monoisotopic (exact) mass is 239 g/mol. The summed E-state index contributed by atoms with van der Waals surface area (Å²) in [7, 11) is 1.36. The molecule has 0 aliphatic heterocycles. The minimum absolute atomic E-state index is 0.385. The van der Waals surface area contributed by atoms with Gasteiger partial charge in [-0.2, -0.15) is 0 Å². The lowest BCUT2D eigenvalue weighted by molar-refractivity contribution is 0.0601. The van der Waals surface area contributed by atoms with Crippen LogP contribution in [0, 0.1) is 0 Å². The predicted molar refractivity (Wildman–Crippen MR) is 67.8 cm³/mol. The molecular weight excluding hydrogens is 222 g/mol. The molecule has 0 amide bonds. The number of hydrogen-bond donors (Lipinski definition) is 1. The first kappa shape index (κ1) is 12.9. The third-order valence-electron chi connectivity index (χ3n) is 2.37. The molecule has 2 N–H and O–H groups in total. The molecule has 1 atom stereocenters. The van der Waals surface area contributed by atoms with Crippen molar-refractivity contribution in [2.75, 3.05) is 12.8 Å². The maximum Gasteiger partial charge on any atom is 0.339 e. The molecular formula is C12H17NO2S. The molecule has 0 fully saturated rings. The van der Waals surface area contributed by atoms with Gasteiger partial charge in [-0.3, -0.25) is 0 Å². The summed E-state index contributed by atoms with van der Waals surface area (Å²) in [5.41, 5.74) is 6.90. The van der Waals surface area contributed by atoms with Gasteiger partial charge in [-0.15, -0.1) is 11.8 Å². The maximum atomic E-state index is 11.4. The number of benzene rings is 1. The van der Waals surface area contributed by atoms with Gasteiger partial charge in [0.2, 0.25) is 0 Å². The highest BCUT2D eigenvalue weighted by atomic mass is 32.2. The summed E-state index contributed by atoms with van der Waals surface area (Å²) in [4.78, 5) is 12.4. The van der Waals surface area contributed by atoms with Crippen molar-refractivity contribution in [3.05, 3.63) is 23.8 Å². The number of carbonyl (C=O) groups is 1. The van der Waals surface area contributed by atoms with E-state index in [1.54, 1.807) is 17.8 Å². The highest BCUT2D eigenvalue weighted by Crippen LogP contribution is 2.32. The summed E-state index contributed by atoms with van der Waals surface area (Å²) < 4.78 is 4.68. The third kappa shape index (κ3) is 2.92. The first-order chi connectivity index (χ1) is 7.60. The van der Waals surface area contributed by atoms with E-state index in [0.29, 0.717) is 16.5 Å². The third-order valence-corrected chi connectivity index (χ3v) is 3.72. The van der Waals surface area contributed by atoms with Crippen LogP contribution in [-0.4, -0.2) is 18.3 Å². The lowest BCUT2D eigenvalue weighted by Crippen LogP contribution is -2.07. The number of nitrogens with two attached hydrogens (primary N) is 1. The zero-order valence-electron chi connectivity index (χ0n) is 9.82. The van der Waals surface area contributed by atoms with Gasteiger partial charge in [0.1, 0.15) is 0 Å². The number of rotatable bonds is 4. The minimum Gasteiger partial charge on any atom is -0.465 e. The van der Waals surface area contributed by atoms with Gasteiger partial charge < -0.3 is 10.5 Å². The summed E-state index contributed by atoms with van der Waals surface area (Å²) in [5, 5.41) is 0.482. The van der Waals surface area contributed by atoms with Crippen LogP contribution >= 0.6 is 11.8 Å². The Morgan fingerprint density at radius 3 is 2.81 bits per heavy atom. The zero-order chi connectivity index (χ0) is 12.1. The number of esters is 1. The van der Waals surface area contributed by atoms with Crippen molar-refractivity contribution in [2.45, 2.75) is 30.4 Å². The van der Waals surface area contributed by atoms with Gasteiger partial charge in [0.05, 0.1) is 18.4 Å². The first-order valence-electron chi connectivity index (χ1n) is 5.23. The molecule has 3 nitrogen and oxygen atoms in total. The molecule has 0 aliphatic rings. The number of nitrogen functional groups attached to an aromatic ring is 1. The first-order valence-corrected chi connectivity index (χ1v) is 6.11. The minimum atomic E-state index is -0.385. The quantitative estimate of drug-likeness (QED) is 0.498. The van der Waals surface area contributed by atoms with Gasteiger partial charge in [0.25, 0.3) is 0 Å². The zero-order valence-corrected chi connectivity index (χ0v) is 10.6. The van der Waals surface area contributed by atoms with Gasteiger partial charge in [-0.05, 0) is 18.6 Å². The second-order valence-electron chi connectivity index (χ2n) is 3.55. The van der Waals surface area contributed by atoms with E-state index >= 15 is 0 Å². The van der Waals surface area contributed by atoms with E-state index in [2.05, 4.69) is 18.6 Å². The van der Waals surface area contributed by atoms with Crippen LogP contribution < -0.4 is 5.73 Å². The molecule has 0 heterocycles. The smallest absolute Gasteiger partial charge is 0.339 e. The Balaban J connectivity index is 2.99. The molecule has 1 aromatic carbocycles. The Kier molecular flexibility index (Phi) is 4.68. The van der Waals surface area contributed by atoms with Crippen LogP contribution in [0.5, 0.6) is 0 Å². The molecule has 1 rings (SSSR count). The van der Waals surface area contributed by atoms with E-state index in [1.807, 2.05) is 12.1 Å². The number of methoxy groups -OCH3 is 1. The van der Waals surface area contributed by atoms with Crippen molar-refractivity contribution in [3.8, 4) is 0 Å². The standard InChI is InChI=1S/C12H17NO2S/c1-4-8(2)16-10-7-5-6-9(11(10)13)12(14)15-3/h5-8H,4,13H2,1-3H3. The van der Waals surface area contributed by atoms with Crippen LogP contribution in [0.1, 0.15) is 30.6 Å². The number of hydrogen-bond acceptors (Lipinski definition) is 4. The summed E-state index contributed by atoms with van der Waals surface area (Å²) in [5.74, 6) is -0.385. The van der Waals surface area contributed by atoms with Crippen molar-refractivity contribution < 1.29 is 9.53 Å². The van der Waals surface area contributed by atoms with Gasteiger partial charge >= 0.3 is 5.97 Å². The average Bonchev–Trinajstić information content (AvgIpc) is 2.30. The molecule has 4 heteroatoms. The molecule has 0 spiro atoms. The average molecular weight is 239 g/mol. The van der Waals surface area contributed by atoms with Gasteiger partial charge in [-0.1, -0.05) is 19.9 Å². The molecule has 0 radical (unpaired) electrons. The number of para-hydroxylation sites is 1. The molecule has 0 bridgehead atoms. The molecule has 88 valence electrons. The topological polar surface area (TPSA) is 52.3 Å². The van der Waals surface area contributed by atoms with Gasteiger partial charge in [0.15, 0.2) is 0 Å². The van der Waals surface area contributed by atoms with E-state index < -0.39 is 0 Å². The summed E-state index contributed by atoms with van der Waals surface area (Å²) >= 11 is 1.68. The molecule has 0 saturated heterocycles. The predicted octanol–water partition coefficient (Wildman–Crippen LogP) is 2.95. The maximum absolute atomic E-state index is 11.4. The van der Waals surface area contributed by atoms with Crippen LogP contribution in [0.4, 0.5) is 5.69 Å². The summed E-state index contributed by atoms with van der Waals surface area (Å²) in [6, 6.07) is 5.44. The summed E-state index contributed by atoms with van der Waals surface area (Å²) in [6.07, 6.45) is 1.06. The largest absolute Gasteiger partial charge is 0.465 e.